The molecule has 9 heteroatoms. The fraction of sp³-hybridized carbons (Fsp3) is 0.133. The van der Waals surface area contributed by atoms with Crippen molar-refractivity contribution in [2.75, 3.05) is 0 Å². The highest BCUT2D eigenvalue weighted by atomic mass is 19.4. The first-order valence-electron chi connectivity index (χ1n) is 6.31. The summed E-state index contributed by atoms with van der Waals surface area (Å²) in [6.45, 7) is 1.51. The molecule has 0 aliphatic carbocycles. The Morgan fingerprint density at radius 3 is 2.00 bits per heavy atom. The third kappa shape index (κ3) is 3.06. The molecule has 0 fully saturated rings. The molecule has 0 spiro atoms. The normalized spacial score (nSPS) is 12.2. The maximum atomic E-state index is 13.7. The summed E-state index contributed by atoms with van der Waals surface area (Å²) in [5.74, 6) is -10.1. The molecule has 128 valence electrons. The summed E-state index contributed by atoms with van der Waals surface area (Å²) in [4.78, 5) is 3.14. The van der Waals surface area contributed by atoms with Crippen LogP contribution in [-0.4, -0.2) is 11.3 Å². The number of nitrogens with zero attached hydrogens (tertiary/aromatic N) is 1. The lowest BCUT2D eigenvalue weighted by Gasteiger charge is -2.12. The smallest absolute Gasteiger partial charge is 0.422 e. The maximum Gasteiger partial charge on any atom is 0.422 e. The van der Waals surface area contributed by atoms with Crippen molar-refractivity contribution < 1.29 is 35.8 Å². The van der Waals surface area contributed by atoms with Crippen LogP contribution in [0.15, 0.2) is 23.2 Å². The Kier molecular flexibility index (Phi) is 4.54. The minimum Gasteiger partial charge on any atom is -0.507 e. The number of halogens is 7. The molecule has 0 bridgehead atoms. The molecule has 0 aliphatic rings. The van der Waals surface area contributed by atoms with Crippen LogP contribution in [0.1, 0.15) is 16.7 Å². The first kappa shape index (κ1) is 17.8. The zero-order valence-corrected chi connectivity index (χ0v) is 11.8. The van der Waals surface area contributed by atoms with Crippen LogP contribution in [-0.2, 0) is 6.18 Å². The summed E-state index contributed by atoms with van der Waals surface area (Å²) in [6.07, 6.45) is -4.94. The molecule has 2 aromatic carbocycles. The van der Waals surface area contributed by atoms with E-state index in [2.05, 4.69) is 4.99 Å². The van der Waals surface area contributed by atoms with Crippen molar-refractivity contribution >= 4 is 11.9 Å². The van der Waals surface area contributed by atoms with Gasteiger partial charge in [0.2, 0.25) is 0 Å². The first-order valence-corrected chi connectivity index (χ1v) is 6.31. The third-order valence-corrected chi connectivity index (χ3v) is 3.13. The number of phenols is 1. The molecule has 0 radical (unpaired) electrons. The molecule has 2 nitrogen and oxygen atoms in total. The number of aliphatic imine (C=N–C) groups is 1. The molecule has 0 aromatic heterocycles. The second kappa shape index (κ2) is 6.14. The van der Waals surface area contributed by atoms with E-state index in [0.717, 1.165) is 0 Å². The largest absolute Gasteiger partial charge is 0.507 e. The van der Waals surface area contributed by atoms with E-state index in [-0.39, 0.29) is 11.3 Å². The van der Waals surface area contributed by atoms with Gasteiger partial charge in [0.1, 0.15) is 17.0 Å². The maximum absolute atomic E-state index is 13.7. The Morgan fingerprint density at radius 1 is 0.958 bits per heavy atom. The number of benzene rings is 2. The predicted octanol–water partition coefficient (Wildman–Crippen LogP) is 5.03. The van der Waals surface area contributed by atoms with Crippen LogP contribution < -0.4 is 0 Å². The molecule has 2 aromatic rings. The molecule has 0 saturated carbocycles. The average molecular weight is 351 g/mol. The van der Waals surface area contributed by atoms with E-state index in [0.29, 0.717) is 11.8 Å². The van der Waals surface area contributed by atoms with E-state index in [4.69, 9.17) is 0 Å². The lowest BCUT2D eigenvalue weighted by molar-refractivity contribution is -0.143. The van der Waals surface area contributed by atoms with Gasteiger partial charge in [-0.3, -0.25) is 0 Å². The van der Waals surface area contributed by atoms with Crippen LogP contribution in [0.2, 0.25) is 0 Å². The highest BCUT2D eigenvalue weighted by molar-refractivity contribution is 5.86. The summed E-state index contributed by atoms with van der Waals surface area (Å²) in [6, 6.07) is 4.24. The topological polar surface area (TPSA) is 32.6 Å². The van der Waals surface area contributed by atoms with Gasteiger partial charge in [-0.25, -0.2) is 22.6 Å². The van der Waals surface area contributed by atoms with Gasteiger partial charge in [0.15, 0.2) is 23.3 Å². The van der Waals surface area contributed by atoms with Crippen LogP contribution in [0.3, 0.4) is 0 Å². The highest BCUT2D eigenvalue weighted by Gasteiger charge is 2.42. The molecular formula is C15H8F7NO. The Labute approximate surface area is 130 Å². The van der Waals surface area contributed by atoms with Crippen LogP contribution in [0.5, 0.6) is 5.75 Å². The van der Waals surface area contributed by atoms with Gasteiger partial charge in [0, 0.05) is 11.8 Å². The number of aromatic hydroxyl groups is 1. The van der Waals surface area contributed by atoms with Crippen LogP contribution >= 0.6 is 0 Å². The van der Waals surface area contributed by atoms with Crippen molar-refractivity contribution in [3.05, 3.63) is 58.2 Å². The van der Waals surface area contributed by atoms with Crippen molar-refractivity contribution in [2.45, 2.75) is 13.1 Å². The van der Waals surface area contributed by atoms with E-state index in [9.17, 15) is 35.8 Å². The lowest BCUT2D eigenvalue weighted by Crippen LogP contribution is -2.15. The first-order chi connectivity index (χ1) is 11.1. The van der Waals surface area contributed by atoms with Crippen LogP contribution in [0.4, 0.5) is 36.4 Å². The second-order valence-electron chi connectivity index (χ2n) is 4.75. The second-order valence-corrected chi connectivity index (χ2v) is 4.75. The Balaban J connectivity index is 2.61. The van der Waals surface area contributed by atoms with Gasteiger partial charge in [0.05, 0.1) is 0 Å². The number of hydrogen-bond donors (Lipinski definition) is 1. The van der Waals surface area contributed by atoms with Crippen molar-refractivity contribution in [3.63, 3.8) is 0 Å². The molecule has 0 aliphatic heterocycles. The fourth-order valence-corrected chi connectivity index (χ4v) is 1.90. The minimum absolute atomic E-state index is 0.0467. The molecule has 2 rings (SSSR count). The van der Waals surface area contributed by atoms with Gasteiger partial charge >= 0.3 is 6.18 Å². The lowest BCUT2D eigenvalue weighted by atomic mass is 10.1. The van der Waals surface area contributed by atoms with Crippen molar-refractivity contribution in [1.29, 1.82) is 0 Å². The molecule has 0 atom stereocenters. The number of aryl methyl sites for hydroxylation is 1. The Bertz CT molecular complexity index is 799. The minimum atomic E-state index is -5.62. The summed E-state index contributed by atoms with van der Waals surface area (Å²) in [7, 11) is 0. The number of hydrogen-bond acceptors (Lipinski definition) is 2. The number of alkyl halides is 3. The zero-order valence-electron chi connectivity index (χ0n) is 11.8. The quantitative estimate of drug-likeness (QED) is 0.460. The van der Waals surface area contributed by atoms with Gasteiger partial charge in [0.25, 0.3) is 0 Å². The predicted molar refractivity (Wildman–Crippen MR) is 71.4 cm³/mol. The summed E-state index contributed by atoms with van der Waals surface area (Å²) < 4.78 is 91.6. The van der Waals surface area contributed by atoms with Crippen LogP contribution in [0, 0.1) is 30.2 Å². The van der Waals surface area contributed by atoms with Gasteiger partial charge < -0.3 is 5.11 Å². The van der Waals surface area contributed by atoms with Crippen molar-refractivity contribution in [1.82, 2.24) is 0 Å². The molecular weight excluding hydrogens is 343 g/mol. The summed E-state index contributed by atoms with van der Waals surface area (Å²) in [5.41, 5.74) is -3.91. The van der Waals surface area contributed by atoms with E-state index >= 15 is 0 Å². The Hall–Kier alpha value is -2.58. The molecule has 0 heterocycles. The van der Waals surface area contributed by atoms with E-state index in [1.54, 1.807) is 0 Å². The number of rotatable bonds is 2. The van der Waals surface area contributed by atoms with Gasteiger partial charge in [-0.2, -0.15) is 13.2 Å². The Morgan fingerprint density at radius 2 is 1.50 bits per heavy atom. The standard InChI is InChI=1S/C15H8F7NO/c1-6-3-2-4-7(14(6)24)5-23-13-11(18)9(16)8(15(20,21)22)10(17)12(13)19/h2-5,24H,1H3. The SMILES string of the molecule is Cc1cccc(C=Nc2c(F)c(F)c(C(F)(F)F)c(F)c2F)c1O. The van der Waals surface area contributed by atoms with Gasteiger partial charge in [-0.1, -0.05) is 12.1 Å². The monoisotopic (exact) mass is 351 g/mol. The van der Waals surface area contributed by atoms with Gasteiger partial charge in [-0.05, 0) is 18.6 Å². The molecule has 0 amide bonds. The molecule has 1 N–H and O–H groups in total. The number of para-hydroxylation sites is 1. The van der Waals surface area contributed by atoms with E-state index in [1.807, 2.05) is 0 Å². The molecule has 24 heavy (non-hydrogen) atoms. The highest BCUT2D eigenvalue weighted by Crippen LogP contribution is 2.39. The molecule has 0 unspecified atom stereocenters. The van der Waals surface area contributed by atoms with Crippen LogP contribution in [0.25, 0.3) is 0 Å². The van der Waals surface area contributed by atoms with Gasteiger partial charge in [-0.15, -0.1) is 0 Å². The third-order valence-electron chi connectivity index (χ3n) is 3.13. The summed E-state index contributed by atoms with van der Waals surface area (Å²) >= 11 is 0. The number of phenolic OH excluding ortho intramolecular Hbond substituents is 1. The zero-order chi connectivity index (χ0) is 18.2. The fourth-order valence-electron chi connectivity index (χ4n) is 1.90. The average Bonchev–Trinajstić information content (AvgIpc) is 2.48. The van der Waals surface area contributed by atoms with Crippen molar-refractivity contribution in [2.24, 2.45) is 4.99 Å². The molecule has 0 saturated heterocycles. The van der Waals surface area contributed by atoms with E-state index in [1.165, 1.54) is 25.1 Å². The van der Waals surface area contributed by atoms with Crippen molar-refractivity contribution in [3.8, 4) is 5.75 Å². The van der Waals surface area contributed by atoms with E-state index < -0.39 is 40.7 Å². The summed E-state index contributed by atoms with van der Waals surface area (Å²) in [5, 5.41) is 9.70.